The third-order valence-corrected chi connectivity index (χ3v) is 11.1. The molecule has 0 aliphatic heterocycles. The molecule has 0 N–H and O–H groups in total. The molecule has 0 bridgehead atoms. The number of para-hydroxylation sites is 1. The van der Waals surface area contributed by atoms with Crippen molar-refractivity contribution in [3.05, 3.63) is 176 Å². The summed E-state index contributed by atoms with van der Waals surface area (Å²) in [6.45, 7) is 0. The molecule has 10 rings (SSSR count). The summed E-state index contributed by atoms with van der Waals surface area (Å²) >= 11 is 1.90. The average Bonchev–Trinajstić information content (AvgIpc) is 3.55. The van der Waals surface area contributed by atoms with Crippen molar-refractivity contribution < 1.29 is 0 Å². The fraction of sp³-hybridized carbons (Fsp3) is 0. The van der Waals surface area contributed by atoms with E-state index >= 15 is 0 Å². The van der Waals surface area contributed by atoms with Gasteiger partial charge in [-0.1, -0.05) is 152 Å². The first-order valence-electron chi connectivity index (χ1n) is 16.4. The Morgan fingerprint density at radius 1 is 0.354 bits per heavy atom. The molecule has 9 aromatic carbocycles. The van der Waals surface area contributed by atoms with Crippen LogP contribution in [0.15, 0.2) is 176 Å². The summed E-state index contributed by atoms with van der Waals surface area (Å²) in [6.07, 6.45) is 0. The maximum atomic E-state index is 2.49. The van der Waals surface area contributed by atoms with Gasteiger partial charge in [-0.2, -0.15) is 0 Å². The summed E-state index contributed by atoms with van der Waals surface area (Å²) in [4.78, 5) is 2.49. The van der Waals surface area contributed by atoms with Crippen LogP contribution in [0.4, 0.5) is 17.1 Å². The molecule has 0 fully saturated rings. The highest BCUT2D eigenvalue weighted by Crippen LogP contribution is 2.49. The van der Waals surface area contributed by atoms with Crippen LogP contribution in [0.2, 0.25) is 0 Å². The van der Waals surface area contributed by atoms with Crippen molar-refractivity contribution in [3.63, 3.8) is 0 Å². The molecule has 48 heavy (non-hydrogen) atoms. The quantitative estimate of drug-likeness (QED) is 0.176. The third kappa shape index (κ3) is 4.17. The number of thiophene rings is 1. The van der Waals surface area contributed by atoms with Gasteiger partial charge in [-0.3, -0.25) is 0 Å². The summed E-state index contributed by atoms with van der Waals surface area (Å²) in [5.74, 6) is 0. The predicted octanol–water partition coefficient (Wildman–Crippen LogP) is 13.8. The molecule has 0 spiro atoms. The van der Waals surface area contributed by atoms with E-state index in [-0.39, 0.29) is 0 Å². The van der Waals surface area contributed by atoms with Gasteiger partial charge in [-0.25, -0.2) is 0 Å². The Hall–Kier alpha value is -5.96. The lowest BCUT2D eigenvalue weighted by Gasteiger charge is -2.29. The summed E-state index contributed by atoms with van der Waals surface area (Å²) in [5.41, 5.74) is 5.88. The second kappa shape index (κ2) is 10.8. The van der Waals surface area contributed by atoms with E-state index in [1.807, 2.05) is 11.3 Å². The summed E-state index contributed by atoms with van der Waals surface area (Å²) in [7, 11) is 0. The van der Waals surface area contributed by atoms with Crippen molar-refractivity contribution in [3.8, 4) is 11.1 Å². The topological polar surface area (TPSA) is 3.24 Å². The fourth-order valence-corrected chi connectivity index (χ4v) is 8.92. The van der Waals surface area contributed by atoms with Crippen molar-refractivity contribution >= 4 is 91.7 Å². The van der Waals surface area contributed by atoms with Crippen molar-refractivity contribution in [2.45, 2.75) is 0 Å². The van der Waals surface area contributed by atoms with Crippen molar-refractivity contribution in [1.82, 2.24) is 0 Å². The maximum absolute atomic E-state index is 2.49. The third-order valence-electron chi connectivity index (χ3n) is 9.81. The molecule has 224 valence electrons. The Bertz CT molecular complexity index is 2840. The Labute approximate surface area is 282 Å². The molecule has 0 aliphatic carbocycles. The number of anilines is 3. The average molecular weight is 628 g/mol. The largest absolute Gasteiger partial charge is 0.308 e. The smallest absolute Gasteiger partial charge is 0.0640 e. The van der Waals surface area contributed by atoms with E-state index in [4.69, 9.17) is 0 Å². The van der Waals surface area contributed by atoms with Crippen LogP contribution in [-0.2, 0) is 0 Å². The highest BCUT2D eigenvalue weighted by molar-refractivity contribution is 7.27. The van der Waals surface area contributed by atoms with E-state index in [2.05, 4.69) is 181 Å². The van der Waals surface area contributed by atoms with Gasteiger partial charge in [0.1, 0.15) is 0 Å². The molecule has 0 saturated carbocycles. The molecule has 2 heteroatoms. The van der Waals surface area contributed by atoms with Gasteiger partial charge in [0.05, 0.1) is 16.1 Å². The number of nitrogens with zero attached hydrogens (tertiary/aromatic N) is 1. The van der Waals surface area contributed by atoms with Crippen LogP contribution < -0.4 is 4.90 Å². The maximum Gasteiger partial charge on any atom is 0.0640 e. The molecule has 0 atom stereocenters. The standard InChI is InChI=1S/C46H29NS/c1-2-11-30(12-3-1)36-15-8-9-19-42(36)47(43-20-10-18-39-40-28-26-32-14-5-7-17-38(32)45(40)48-46(39)43)35-27-25-33-22-24-34-23-21-31-13-4-6-16-37(31)44(34)41(33)29-35/h1-29H. The van der Waals surface area contributed by atoms with Gasteiger partial charge in [0, 0.05) is 26.7 Å². The Morgan fingerprint density at radius 3 is 1.79 bits per heavy atom. The zero-order chi connectivity index (χ0) is 31.6. The first-order valence-corrected chi connectivity index (χ1v) is 17.3. The number of hydrogen-bond donors (Lipinski definition) is 0. The van der Waals surface area contributed by atoms with E-state index in [1.165, 1.54) is 80.1 Å². The van der Waals surface area contributed by atoms with Crippen LogP contribution in [0, 0.1) is 0 Å². The molecule has 0 saturated heterocycles. The van der Waals surface area contributed by atoms with Crippen LogP contribution >= 0.6 is 11.3 Å². The summed E-state index contributed by atoms with van der Waals surface area (Å²) < 4.78 is 2.62. The molecule has 0 radical (unpaired) electrons. The number of fused-ring (bicyclic) bond motifs is 10. The number of hydrogen-bond acceptors (Lipinski definition) is 2. The molecular formula is C46H29NS. The Balaban J connectivity index is 1.31. The van der Waals surface area contributed by atoms with Crippen LogP contribution in [0.1, 0.15) is 0 Å². The van der Waals surface area contributed by atoms with Crippen LogP contribution in [0.25, 0.3) is 74.4 Å². The van der Waals surface area contributed by atoms with Crippen molar-refractivity contribution in [1.29, 1.82) is 0 Å². The Morgan fingerprint density at radius 2 is 0.938 bits per heavy atom. The summed E-state index contributed by atoms with van der Waals surface area (Å²) in [6, 6.07) is 64.5. The fourth-order valence-electron chi connectivity index (χ4n) is 7.58. The Kier molecular flexibility index (Phi) is 6.12. The van der Waals surface area contributed by atoms with Gasteiger partial charge >= 0.3 is 0 Å². The van der Waals surface area contributed by atoms with E-state index in [0.717, 1.165) is 11.4 Å². The van der Waals surface area contributed by atoms with Crippen LogP contribution in [-0.4, -0.2) is 0 Å². The SMILES string of the molecule is c1ccc(-c2ccccc2N(c2ccc3ccc4ccc5ccccc5c4c3c2)c2cccc3c2sc2c4ccccc4ccc32)cc1. The van der Waals surface area contributed by atoms with E-state index in [1.54, 1.807) is 0 Å². The van der Waals surface area contributed by atoms with E-state index in [0.29, 0.717) is 0 Å². The van der Waals surface area contributed by atoms with E-state index in [9.17, 15) is 0 Å². The first kappa shape index (κ1) is 27.2. The molecule has 1 aromatic heterocycles. The van der Waals surface area contributed by atoms with Gasteiger partial charge in [0.25, 0.3) is 0 Å². The first-order chi connectivity index (χ1) is 23.8. The van der Waals surface area contributed by atoms with Crippen molar-refractivity contribution in [2.24, 2.45) is 0 Å². The molecule has 0 amide bonds. The normalized spacial score (nSPS) is 11.8. The second-order valence-electron chi connectivity index (χ2n) is 12.5. The lowest BCUT2D eigenvalue weighted by Crippen LogP contribution is -2.11. The molecule has 1 nitrogen and oxygen atoms in total. The minimum absolute atomic E-state index is 1.14. The minimum Gasteiger partial charge on any atom is -0.308 e. The van der Waals surface area contributed by atoms with Crippen molar-refractivity contribution in [2.75, 3.05) is 4.90 Å². The highest BCUT2D eigenvalue weighted by Gasteiger charge is 2.22. The molecule has 0 aliphatic rings. The zero-order valence-corrected chi connectivity index (χ0v) is 26.9. The minimum atomic E-state index is 1.14. The van der Waals surface area contributed by atoms with E-state index < -0.39 is 0 Å². The van der Waals surface area contributed by atoms with Gasteiger partial charge in [-0.15, -0.1) is 11.3 Å². The van der Waals surface area contributed by atoms with Gasteiger partial charge < -0.3 is 4.90 Å². The molecule has 0 unspecified atom stereocenters. The highest BCUT2D eigenvalue weighted by atomic mass is 32.1. The van der Waals surface area contributed by atoms with Gasteiger partial charge in [0.15, 0.2) is 0 Å². The van der Waals surface area contributed by atoms with Gasteiger partial charge in [-0.05, 0) is 72.9 Å². The second-order valence-corrected chi connectivity index (χ2v) is 13.5. The zero-order valence-electron chi connectivity index (χ0n) is 26.1. The number of benzene rings is 9. The molecule has 1 heterocycles. The van der Waals surface area contributed by atoms with Crippen LogP contribution in [0.5, 0.6) is 0 Å². The van der Waals surface area contributed by atoms with Crippen LogP contribution in [0.3, 0.4) is 0 Å². The lowest BCUT2D eigenvalue weighted by molar-refractivity contribution is 1.31. The lowest BCUT2D eigenvalue weighted by atomic mass is 9.95. The summed E-state index contributed by atoms with van der Waals surface area (Å²) in [5, 5.41) is 12.8. The molecular weight excluding hydrogens is 599 g/mol. The monoisotopic (exact) mass is 627 g/mol. The number of rotatable bonds is 4. The predicted molar refractivity (Wildman–Crippen MR) is 209 cm³/mol. The molecule has 10 aromatic rings. The van der Waals surface area contributed by atoms with Gasteiger partial charge in [0.2, 0.25) is 0 Å².